The number of rotatable bonds is 2. The van der Waals surface area contributed by atoms with Gasteiger partial charge in [0, 0.05) is 17.9 Å². The third-order valence-electron chi connectivity index (χ3n) is 8.64. The summed E-state index contributed by atoms with van der Waals surface area (Å²) in [5, 5.41) is 13.7. The summed E-state index contributed by atoms with van der Waals surface area (Å²) in [7, 11) is 0. The van der Waals surface area contributed by atoms with E-state index in [1.165, 1.54) is 6.92 Å². The van der Waals surface area contributed by atoms with Gasteiger partial charge in [-0.1, -0.05) is 56.3 Å². The molecule has 1 saturated carbocycles. The van der Waals surface area contributed by atoms with Gasteiger partial charge in [-0.05, 0) is 44.2 Å². The van der Waals surface area contributed by atoms with E-state index in [9.17, 15) is 19.5 Å². The van der Waals surface area contributed by atoms with Crippen LogP contribution in [0.1, 0.15) is 39.7 Å². The Morgan fingerprint density at radius 3 is 2.56 bits per heavy atom. The largest absolute Gasteiger partial charge is 0.514 e. The number of nitrogens with one attached hydrogen (secondary N) is 1. The van der Waals surface area contributed by atoms with Gasteiger partial charge in [-0.2, -0.15) is 0 Å². The number of ether oxygens (including phenoxy) is 3. The molecule has 3 fully saturated rings. The van der Waals surface area contributed by atoms with E-state index in [4.69, 9.17) is 14.2 Å². The molecule has 1 spiro atoms. The fourth-order valence-corrected chi connectivity index (χ4v) is 6.51. The van der Waals surface area contributed by atoms with Crippen LogP contribution in [0.4, 0.5) is 4.79 Å². The van der Waals surface area contributed by atoms with Gasteiger partial charge in [0.15, 0.2) is 5.78 Å². The van der Waals surface area contributed by atoms with Crippen molar-refractivity contribution in [1.82, 2.24) is 5.32 Å². The molecule has 4 aliphatic rings. The average molecular weight is 496 g/mol. The van der Waals surface area contributed by atoms with Crippen molar-refractivity contribution in [2.45, 2.75) is 69.5 Å². The summed E-state index contributed by atoms with van der Waals surface area (Å²) in [6, 6.07) is 9.58. The van der Waals surface area contributed by atoms with Crippen LogP contribution < -0.4 is 5.32 Å². The van der Waals surface area contributed by atoms with Crippen LogP contribution in [0, 0.1) is 23.7 Å². The van der Waals surface area contributed by atoms with Gasteiger partial charge in [0.1, 0.15) is 5.60 Å². The highest BCUT2D eigenvalue weighted by atomic mass is 16.7. The Balaban J connectivity index is 1.58. The molecule has 0 aromatic heterocycles. The SMILES string of the molecule is C[C@@H]1CC=C[C@H]2[C@@H]3O[C@]3(C)[C@@H](C)[C@H]3[C@H](Cc4ccccc4)NC(=O)[C@]32OC(=O)OC=C[C@@](C)(O)C1=O. The molecule has 3 aliphatic heterocycles. The topological polar surface area (TPSA) is 114 Å². The van der Waals surface area contributed by atoms with E-state index in [1.807, 2.05) is 56.3 Å². The fourth-order valence-electron chi connectivity index (χ4n) is 6.51. The highest BCUT2D eigenvalue weighted by Gasteiger charge is 2.78. The first kappa shape index (κ1) is 24.7. The predicted octanol–water partition coefficient (Wildman–Crippen LogP) is 3.09. The third-order valence-corrected chi connectivity index (χ3v) is 8.64. The van der Waals surface area contributed by atoms with E-state index in [1.54, 1.807) is 6.92 Å². The number of amides is 1. The monoisotopic (exact) mass is 495 g/mol. The summed E-state index contributed by atoms with van der Waals surface area (Å²) >= 11 is 0. The van der Waals surface area contributed by atoms with E-state index >= 15 is 0 Å². The van der Waals surface area contributed by atoms with Gasteiger partial charge in [0.2, 0.25) is 5.60 Å². The van der Waals surface area contributed by atoms with Crippen LogP contribution in [-0.2, 0) is 30.2 Å². The van der Waals surface area contributed by atoms with Gasteiger partial charge < -0.3 is 24.6 Å². The fraction of sp³-hybridized carbons (Fsp3) is 0.536. The van der Waals surface area contributed by atoms with Gasteiger partial charge in [-0.25, -0.2) is 4.79 Å². The molecule has 1 aromatic rings. The number of hydrogen-bond acceptors (Lipinski definition) is 7. The summed E-state index contributed by atoms with van der Waals surface area (Å²) in [4.78, 5) is 39.5. The maximum Gasteiger partial charge on any atom is 0.514 e. The van der Waals surface area contributed by atoms with E-state index in [0.29, 0.717) is 12.8 Å². The van der Waals surface area contributed by atoms with Crippen molar-refractivity contribution in [3.63, 3.8) is 0 Å². The van der Waals surface area contributed by atoms with Gasteiger partial charge in [-0.3, -0.25) is 9.59 Å². The lowest BCUT2D eigenvalue weighted by molar-refractivity contribution is -0.153. The maximum absolute atomic E-state index is 13.8. The van der Waals surface area contributed by atoms with E-state index in [2.05, 4.69) is 5.32 Å². The van der Waals surface area contributed by atoms with Gasteiger partial charge in [0.05, 0.1) is 23.9 Å². The van der Waals surface area contributed by atoms with Crippen molar-refractivity contribution in [1.29, 1.82) is 0 Å². The first-order valence-electron chi connectivity index (χ1n) is 12.5. The molecule has 8 heteroatoms. The van der Waals surface area contributed by atoms with Crippen molar-refractivity contribution >= 4 is 17.8 Å². The maximum atomic E-state index is 13.8. The zero-order chi connectivity index (χ0) is 25.9. The first-order valence-corrected chi connectivity index (χ1v) is 12.5. The minimum Gasteiger partial charge on any atom is -0.416 e. The van der Waals surface area contributed by atoms with Crippen molar-refractivity contribution in [2.24, 2.45) is 23.7 Å². The van der Waals surface area contributed by atoms with Crippen molar-refractivity contribution < 1.29 is 33.7 Å². The van der Waals surface area contributed by atoms with Gasteiger partial charge in [0.25, 0.3) is 5.91 Å². The molecule has 9 atom stereocenters. The molecule has 36 heavy (non-hydrogen) atoms. The standard InChI is InChI=1S/C28H33NO7/c1-16-9-8-12-19-23-27(4,35-23)17(2)21-20(15-18-10-6-5-7-11-18)29-24(31)28(19,21)36-25(32)34-14-13-26(3,33)22(16)30/h5-8,10-14,16-17,19-21,23,33H,9,15H2,1-4H3,(H,29,31)/t16-,17+,19+,20+,21+,23+,26-,27-,28-/m1/s1. The first-order chi connectivity index (χ1) is 17.0. The molecule has 2 N–H and O–H groups in total. The number of cyclic esters (lactones) is 1. The van der Waals surface area contributed by atoms with E-state index in [0.717, 1.165) is 17.9 Å². The van der Waals surface area contributed by atoms with Crippen LogP contribution in [0.3, 0.4) is 0 Å². The molecule has 3 heterocycles. The van der Waals surface area contributed by atoms with Gasteiger partial charge >= 0.3 is 6.16 Å². The van der Waals surface area contributed by atoms with Crippen LogP contribution >= 0.6 is 0 Å². The summed E-state index contributed by atoms with van der Waals surface area (Å²) in [6.07, 6.45) is 5.28. The smallest absolute Gasteiger partial charge is 0.416 e. The number of benzene rings is 1. The minimum atomic E-state index is -1.81. The van der Waals surface area contributed by atoms with E-state index < -0.39 is 40.6 Å². The van der Waals surface area contributed by atoms with E-state index in [-0.39, 0.29) is 29.9 Å². The molecule has 0 bridgehead atoms. The quantitative estimate of drug-likeness (QED) is 0.368. The lowest BCUT2D eigenvalue weighted by atomic mass is 9.59. The minimum absolute atomic E-state index is 0.0972. The Bertz CT molecular complexity index is 1130. The molecular formula is C28H33NO7. The van der Waals surface area contributed by atoms with Crippen LogP contribution in [0.15, 0.2) is 54.8 Å². The highest BCUT2D eigenvalue weighted by molar-refractivity contribution is 5.92. The lowest BCUT2D eigenvalue weighted by Gasteiger charge is -2.45. The number of epoxide rings is 1. The highest BCUT2D eigenvalue weighted by Crippen LogP contribution is 2.63. The number of fused-ring (bicyclic) bond motifs is 2. The number of hydrogen-bond donors (Lipinski definition) is 2. The Hall–Kier alpha value is -2.97. The summed E-state index contributed by atoms with van der Waals surface area (Å²) in [5.74, 6) is -2.32. The Morgan fingerprint density at radius 2 is 1.83 bits per heavy atom. The van der Waals surface area contributed by atoms with Crippen LogP contribution in [-0.4, -0.2) is 51.9 Å². The Labute approximate surface area is 210 Å². The lowest BCUT2D eigenvalue weighted by Crippen LogP contribution is -2.61. The van der Waals surface area contributed by atoms with Crippen molar-refractivity contribution in [3.05, 3.63) is 60.4 Å². The second-order valence-corrected chi connectivity index (χ2v) is 11.0. The molecule has 8 nitrogen and oxygen atoms in total. The second kappa shape index (κ2) is 8.56. The summed E-state index contributed by atoms with van der Waals surface area (Å²) in [6.45, 7) is 7.15. The predicted molar refractivity (Wildman–Crippen MR) is 129 cm³/mol. The summed E-state index contributed by atoms with van der Waals surface area (Å²) < 4.78 is 17.3. The number of ketones is 1. The normalized spacial score (nSPS) is 44.0. The van der Waals surface area contributed by atoms with Crippen molar-refractivity contribution in [2.75, 3.05) is 0 Å². The molecule has 1 aromatic carbocycles. The molecule has 5 rings (SSSR count). The Morgan fingerprint density at radius 1 is 1.11 bits per heavy atom. The zero-order valence-electron chi connectivity index (χ0n) is 21.0. The van der Waals surface area contributed by atoms with Crippen LogP contribution in [0.5, 0.6) is 0 Å². The molecule has 0 unspecified atom stereocenters. The third kappa shape index (κ3) is 3.78. The molecule has 1 aliphatic carbocycles. The number of allylic oxidation sites excluding steroid dienone is 1. The zero-order valence-corrected chi connectivity index (χ0v) is 21.0. The van der Waals surface area contributed by atoms with Crippen molar-refractivity contribution in [3.8, 4) is 0 Å². The van der Waals surface area contributed by atoms with Gasteiger partial charge in [-0.15, -0.1) is 0 Å². The number of carbonyl (C=O) groups is 3. The Kier molecular flexibility index (Phi) is 5.87. The molecule has 1 amide bonds. The van der Waals surface area contributed by atoms with Crippen LogP contribution in [0.2, 0.25) is 0 Å². The number of aliphatic hydroxyl groups is 1. The molecule has 2 saturated heterocycles. The molecular weight excluding hydrogens is 462 g/mol. The number of carbonyl (C=O) groups excluding carboxylic acids is 3. The average Bonchev–Trinajstić information content (AvgIpc) is 3.45. The number of Topliss-reactive ketones (excluding diaryl/α,β-unsaturated/α-hetero) is 1. The summed E-state index contributed by atoms with van der Waals surface area (Å²) in [5.41, 5.74) is -2.76. The molecule has 0 radical (unpaired) electrons. The second-order valence-electron chi connectivity index (χ2n) is 11.0. The van der Waals surface area contributed by atoms with Crippen LogP contribution in [0.25, 0.3) is 0 Å². The molecule has 192 valence electrons.